The van der Waals surface area contributed by atoms with E-state index in [4.69, 9.17) is 9.84 Å². The van der Waals surface area contributed by atoms with E-state index < -0.39 is 12.0 Å². The Morgan fingerprint density at radius 1 is 1.61 bits per heavy atom. The van der Waals surface area contributed by atoms with Gasteiger partial charge in [0.1, 0.15) is 11.9 Å². The molecule has 2 rings (SSSR count). The maximum atomic E-state index is 13.1. The summed E-state index contributed by atoms with van der Waals surface area (Å²) >= 11 is 0. The van der Waals surface area contributed by atoms with E-state index in [0.717, 1.165) is 5.56 Å². The van der Waals surface area contributed by atoms with Crippen LogP contribution in [0.25, 0.3) is 0 Å². The summed E-state index contributed by atoms with van der Waals surface area (Å²) in [6.07, 6.45) is -0.267. The van der Waals surface area contributed by atoms with Crippen molar-refractivity contribution in [2.75, 3.05) is 19.7 Å². The molecule has 98 valence electrons. The predicted octanol–water partition coefficient (Wildman–Crippen LogP) is 1.67. The minimum Gasteiger partial charge on any atom is -0.480 e. The highest BCUT2D eigenvalue weighted by atomic mass is 19.1. The fourth-order valence-corrected chi connectivity index (χ4v) is 2.09. The van der Waals surface area contributed by atoms with Crippen molar-refractivity contribution < 1.29 is 19.0 Å². The Morgan fingerprint density at radius 2 is 2.39 bits per heavy atom. The van der Waals surface area contributed by atoms with E-state index in [1.807, 2.05) is 4.90 Å². The van der Waals surface area contributed by atoms with Gasteiger partial charge in [-0.1, -0.05) is 12.1 Å². The zero-order valence-electron chi connectivity index (χ0n) is 10.2. The SMILES string of the molecule is C[C@@H](C(=O)O)N1CCO[C@H](c2cccc(F)c2)C1. The number of benzene rings is 1. The van der Waals surface area contributed by atoms with Gasteiger partial charge in [0.15, 0.2) is 0 Å². The van der Waals surface area contributed by atoms with Crippen molar-refractivity contribution in [2.45, 2.75) is 19.1 Å². The third-order valence-corrected chi connectivity index (χ3v) is 3.22. The largest absolute Gasteiger partial charge is 0.480 e. The zero-order chi connectivity index (χ0) is 13.1. The topological polar surface area (TPSA) is 49.8 Å². The van der Waals surface area contributed by atoms with Crippen LogP contribution in [-0.4, -0.2) is 41.7 Å². The van der Waals surface area contributed by atoms with Gasteiger partial charge in [0.25, 0.3) is 0 Å². The Balaban J connectivity index is 2.09. The van der Waals surface area contributed by atoms with Crippen LogP contribution in [0, 0.1) is 5.82 Å². The van der Waals surface area contributed by atoms with Crippen molar-refractivity contribution in [1.82, 2.24) is 4.90 Å². The summed E-state index contributed by atoms with van der Waals surface area (Å²) in [7, 11) is 0. The molecule has 1 heterocycles. The number of carbonyl (C=O) groups is 1. The number of morpholine rings is 1. The van der Waals surface area contributed by atoms with Crippen LogP contribution >= 0.6 is 0 Å². The van der Waals surface area contributed by atoms with Gasteiger partial charge in [-0.3, -0.25) is 9.69 Å². The smallest absolute Gasteiger partial charge is 0.320 e. The van der Waals surface area contributed by atoms with E-state index in [1.54, 1.807) is 19.1 Å². The molecule has 2 atom stereocenters. The van der Waals surface area contributed by atoms with Gasteiger partial charge in [0.2, 0.25) is 0 Å². The molecule has 0 saturated carbocycles. The first-order chi connectivity index (χ1) is 8.58. The number of ether oxygens (including phenoxy) is 1. The lowest BCUT2D eigenvalue weighted by Crippen LogP contribution is -2.46. The fourth-order valence-electron chi connectivity index (χ4n) is 2.09. The van der Waals surface area contributed by atoms with Crippen molar-refractivity contribution in [3.8, 4) is 0 Å². The molecule has 1 aromatic rings. The second-order valence-corrected chi connectivity index (χ2v) is 4.42. The molecule has 18 heavy (non-hydrogen) atoms. The van der Waals surface area contributed by atoms with Gasteiger partial charge in [0.05, 0.1) is 12.7 Å². The van der Waals surface area contributed by atoms with Gasteiger partial charge in [-0.25, -0.2) is 4.39 Å². The van der Waals surface area contributed by atoms with Crippen LogP contribution in [0.15, 0.2) is 24.3 Å². The van der Waals surface area contributed by atoms with E-state index in [1.165, 1.54) is 12.1 Å². The number of halogens is 1. The predicted molar refractivity (Wildman–Crippen MR) is 63.8 cm³/mol. The maximum absolute atomic E-state index is 13.1. The highest BCUT2D eigenvalue weighted by molar-refractivity contribution is 5.72. The van der Waals surface area contributed by atoms with E-state index in [9.17, 15) is 9.18 Å². The number of nitrogens with zero attached hydrogens (tertiary/aromatic N) is 1. The standard InChI is InChI=1S/C13H16FNO3/c1-9(13(16)17)15-5-6-18-12(8-15)10-3-2-4-11(14)7-10/h2-4,7,9,12H,5-6,8H2,1H3,(H,16,17)/t9-,12-/m0/s1. The summed E-state index contributed by atoms with van der Waals surface area (Å²) in [5.41, 5.74) is 0.747. The number of hydrogen-bond donors (Lipinski definition) is 1. The van der Waals surface area contributed by atoms with Gasteiger partial charge in [-0.2, -0.15) is 0 Å². The van der Waals surface area contributed by atoms with Crippen molar-refractivity contribution in [3.63, 3.8) is 0 Å². The summed E-state index contributed by atoms with van der Waals surface area (Å²) in [6.45, 7) is 3.16. The Labute approximate surface area is 105 Å². The molecule has 1 saturated heterocycles. The van der Waals surface area contributed by atoms with Crippen LogP contribution in [0.1, 0.15) is 18.6 Å². The van der Waals surface area contributed by atoms with Gasteiger partial charge in [-0.15, -0.1) is 0 Å². The Morgan fingerprint density at radius 3 is 3.06 bits per heavy atom. The average molecular weight is 253 g/mol. The van der Waals surface area contributed by atoms with Gasteiger partial charge >= 0.3 is 5.97 Å². The number of carboxylic acids is 1. The molecule has 0 spiro atoms. The van der Waals surface area contributed by atoms with Crippen molar-refractivity contribution in [3.05, 3.63) is 35.6 Å². The van der Waals surface area contributed by atoms with E-state index in [-0.39, 0.29) is 11.9 Å². The Bertz CT molecular complexity index is 438. The number of carboxylic acid groups (broad SMARTS) is 1. The molecule has 0 aromatic heterocycles. The second-order valence-electron chi connectivity index (χ2n) is 4.42. The monoisotopic (exact) mass is 253 g/mol. The van der Waals surface area contributed by atoms with Gasteiger partial charge < -0.3 is 9.84 Å². The molecule has 1 aliphatic rings. The molecule has 1 fully saturated rings. The number of aliphatic carboxylic acids is 1. The van der Waals surface area contributed by atoms with Crippen LogP contribution < -0.4 is 0 Å². The first kappa shape index (κ1) is 13.0. The summed E-state index contributed by atoms with van der Waals surface area (Å²) in [5, 5.41) is 8.99. The normalized spacial score (nSPS) is 22.7. The summed E-state index contributed by atoms with van der Waals surface area (Å²) < 4.78 is 18.7. The van der Waals surface area contributed by atoms with Crippen LogP contribution in [0.5, 0.6) is 0 Å². The Kier molecular flexibility index (Phi) is 3.93. The minimum atomic E-state index is -0.852. The lowest BCUT2D eigenvalue weighted by molar-refractivity contribution is -0.145. The molecule has 0 unspecified atom stereocenters. The molecule has 1 aliphatic heterocycles. The quantitative estimate of drug-likeness (QED) is 0.890. The van der Waals surface area contributed by atoms with Gasteiger partial charge in [0, 0.05) is 13.1 Å². The van der Waals surface area contributed by atoms with Crippen molar-refractivity contribution in [1.29, 1.82) is 0 Å². The number of hydrogen-bond acceptors (Lipinski definition) is 3. The maximum Gasteiger partial charge on any atom is 0.320 e. The summed E-state index contributed by atoms with van der Waals surface area (Å²) in [5.74, 6) is -1.16. The zero-order valence-corrected chi connectivity index (χ0v) is 10.2. The second kappa shape index (κ2) is 5.46. The van der Waals surface area contributed by atoms with Crippen molar-refractivity contribution in [2.24, 2.45) is 0 Å². The molecule has 0 aliphatic carbocycles. The van der Waals surface area contributed by atoms with Crippen LogP contribution in [0.2, 0.25) is 0 Å². The third-order valence-electron chi connectivity index (χ3n) is 3.22. The van der Waals surface area contributed by atoms with Crippen LogP contribution in [-0.2, 0) is 9.53 Å². The average Bonchev–Trinajstić information content (AvgIpc) is 2.38. The van der Waals surface area contributed by atoms with E-state index in [2.05, 4.69) is 0 Å². The molecule has 4 nitrogen and oxygen atoms in total. The minimum absolute atomic E-state index is 0.267. The molecule has 0 bridgehead atoms. The molecule has 1 aromatic carbocycles. The summed E-state index contributed by atoms with van der Waals surface area (Å²) in [6, 6.07) is 5.68. The van der Waals surface area contributed by atoms with Crippen LogP contribution in [0.3, 0.4) is 0 Å². The Hall–Kier alpha value is -1.46. The molecule has 5 heteroatoms. The van der Waals surface area contributed by atoms with Gasteiger partial charge in [-0.05, 0) is 24.6 Å². The molecule has 1 N–H and O–H groups in total. The first-order valence-corrected chi connectivity index (χ1v) is 5.92. The highest BCUT2D eigenvalue weighted by Crippen LogP contribution is 2.23. The third kappa shape index (κ3) is 2.86. The number of rotatable bonds is 3. The lowest BCUT2D eigenvalue weighted by atomic mass is 10.1. The van der Waals surface area contributed by atoms with Crippen molar-refractivity contribution >= 4 is 5.97 Å². The van der Waals surface area contributed by atoms with E-state index >= 15 is 0 Å². The van der Waals surface area contributed by atoms with Crippen LogP contribution in [0.4, 0.5) is 4.39 Å². The van der Waals surface area contributed by atoms with E-state index in [0.29, 0.717) is 19.7 Å². The summed E-state index contributed by atoms with van der Waals surface area (Å²) in [4.78, 5) is 12.8. The fraction of sp³-hybridized carbons (Fsp3) is 0.462. The molecule has 0 radical (unpaired) electrons. The highest BCUT2D eigenvalue weighted by Gasteiger charge is 2.28. The molecule has 0 amide bonds. The lowest BCUT2D eigenvalue weighted by Gasteiger charge is -2.35. The molecular weight excluding hydrogens is 237 g/mol. The molecular formula is C13H16FNO3. The first-order valence-electron chi connectivity index (χ1n) is 5.92.